The summed E-state index contributed by atoms with van der Waals surface area (Å²) in [6, 6.07) is 5.67. The third kappa shape index (κ3) is 4.01. The second kappa shape index (κ2) is 7.44. The molecule has 0 aromatic heterocycles. The normalized spacial score (nSPS) is 25.8. The fourth-order valence-corrected chi connectivity index (χ4v) is 4.60. The highest BCUT2D eigenvalue weighted by molar-refractivity contribution is 6.05. The van der Waals surface area contributed by atoms with Crippen molar-refractivity contribution in [1.82, 2.24) is 15.1 Å². The molecule has 0 radical (unpaired) electrons. The van der Waals surface area contributed by atoms with Gasteiger partial charge in [0.2, 0.25) is 11.8 Å². The van der Waals surface area contributed by atoms with Crippen molar-refractivity contribution < 1.29 is 14.4 Å². The van der Waals surface area contributed by atoms with E-state index < -0.39 is 6.04 Å². The maximum atomic E-state index is 12.8. The molecule has 29 heavy (non-hydrogen) atoms. The molecule has 7 nitrogen and oxygen atoms in total. The summed E-state index contributed by atoms with van der Waals surface area (Å²) in [5, 5.41) is 5.99. The van der Waals surface area contributed by atoms with Gasteiger partial charge in [-0.05, 0) is 70.3 Å². The number of likely N-dealkylation sites (tertiary alicyclic amines) is 1. The van der Waals surface area contributed by atoms with Crippen LogP contribution in [0.3, 0.4) is 0 Å². The summed E-state index contributed by atoms with van der Waals surface area (Å²) in [4.78, 5) is 40.5. The summed E-state index contributed by atoms with van der Waals surface area (Å²) in [5.41, 5.74) is 2.77. The van der Waals surface area contributed by atoms with E-state index in [0.717, 1.165) is 30.8 Å². The van der Waals surface area contributed by atoms with Crippen LogP contribution >= 0.6 is 0 Å². The number of imide groups is 1. The van der Waals surface area contributed by atoms with Crippen LogP contribution in [0.25, 0.3) is 0 Å². The largest absolute Gasteiger partial charge is 0.381 e. The molecule has 1 unspecified atom stereocenters. The summed E-state index contributed by atoms with van der Waals surface area (Å²) < 4.78 is 0. The molecule has 0 bridgehead atoms. The summed E-state index contributed by atoms with van der Waals surface area (Å²) in [6.07, 6.45) is 2.96. The van der Waals surface area contributed by atoms with E-state index in [1.807, 2.05) is 18.2 Å². The number of hydrogen-bond acceptors (Lipinski definition) is 5. The van der Waals surface area contributed by atoms with E-state index in [-0.39, 0.29) is 29.7 Å². The molecule has 2 saturated heterocycles. The predicted octanol–water partition coefficient (Wildman–Crippen LogP) is 2.12. The molecule has 2 atom stereocenters. The molecular formula is C22H30N4O3. The Morgan fingerprint density at radius 3 is 2.66 bits per heavy atom. The van der Waals surface area contributed by atoms with Crippen molar-refractivity contribution >= 4 is 23.4 Å². The van der Waals surface area contributed by atoms with Gasteiger partial charge in [0.15, 0.2) is 0 Å². The van der Waals surface area contributed by atoms with Crippen molar-refractivity contribution in [2.24, 2.45) is 0 Å². The second-order valence-corrected chi connectivity index (χ2v) is 9.37. The molecule has 1 aromatic rings. The number of benzene rings is 1. The average Bonchev–Trinajstić information content (AvgIpc) is 2.97. The second-order valence-electron chi connectivity index (χ2n) is 9.37. The fraction of sp³-hybridized carbons (Fsp3) is 0.591. The zero-order valence-corrected chi connectivity index (χ0v) is 17.5. The average molecular weight is 399 g/mol. The first-order valence-corrected chi connectivity index (χ1v) is 10.5. The molecule has 3 aliphatic rings. The zero-order valence-electron chi connectivity index (χ0n) is 17.5. The van der Waals surface area contributed by atoms with Crippen molar-refractivity contribution in [2.75, 3.05) is 18.4 Å². The molecule has 0 aliphatic carbocycles. The molecule has 0 saturated carbocycles. The van der Waals surface area contributed by atoms with Crippen molar-refractivity contribution in [2.45, 2.75) is 70.6 Å². The highest BCUT2D eigenvalue weighted by Gasteiger charge is 2.39. The van der Waals surface area contributed by atoms with E-state index in [2.05, 4.69) is 36.3 Å². The Kier molecular flexibility index (Phi) is 5.11. The minimum absolute atomic E-state index is 0.127. The number of fused-ring (bicyclic) bond motifs is 1. The first-order valence-electron chi connectivity index (χ1n) is 10.5. The lowest BCUT2D eigenvalue weighted by molar-refractivity contribution is -0.136. The number of nitrogens with one attached hydrogen (secondary N) is 2. The number of carbonyl (C=O) groups is 3. The van der Waals surface area contributed by atoms with Crippen LogP contribution in [0, 0.1) is 0 Å². The number of piperidine rings is 2. The van der Waals surface area contributed by atoms with Gasteiger partial charge in [-0.15, -0.1) is 0 Å². The standard InChI is InChI=1S/C22H30N4O3/c1-22(2,3)25-10-4-5-16(13-25)23-15-6-7-17-14(11-15)12-26(21(17)29)18-8-9-19(27)24-20(18)28/h6-7,11,16,18,23H,4-5,8-10,12-13H2,1-3H3,(H,24,27,28)/t16-,18?/m1/s1. The Labute approximate surface area is 171 Å². The molecule has 0 spiro atoms. The van der Waals surface area contributed by atoms with Gasteiger partial charge in [0, 0.05) is 42.3 Å². The van der Waals surface area contributed by atoms with Crippen LogP contribution < -0.4 is 10.6 Å². The van der Waals surface area contributed by atoms with E-state index in [4.69, 9.17) is 0 Å². The Morgan fingerprint density at radius 1 is 1.14 bits per heavy atom. The maximum absolute atomic E-state index is 12.8. The summed E-state index contributed by atoms with van der Waals surface area (Å²) in [6.45, 7) is 9.29. The van der Waals surface area contributed by atoms with Crippen LogP contribution in [0.5, 0.6) is 0 Å². The topological polar surface area (TPSA) is 81.8 Å². The minimum atomic E-state index is -0.567. The lowest BCUT2D eigenvalue weighted by Crippen LogP contribution is -2.52. The van der Waals surface area contributed by atoms with Gasteiger partial charge in [0.25, 0.3) is 5.91 Å². The predicted molar refractivity (Wildman–Crippen MR) is 110 cm³/mol. The Balaban J connectivity index is 1.45. The van der Waals surface area contributed by atoms with E-state index in [9.17, 15) is 14.4 Å². The lowest BCUT2D eigenvalue weighted by Gasteiger charge is -2.42. The van der Waals surface area contributed by atoms with Crippen LogP contribution in [0.4, 0.5) is 5.69 Å². The van der Waals surface area contributed by atoms with Gasteiger partial charge in [-0.2, -0.15) is 0 Å². The van der Waals surface area contributed by atoms with Gasteiger partial charge in [-0.3, -0.25) is 24.6 Å². The fourth-order valence-electron chi connectivity index (χ4n) is 4.60. The van der Waals surface area contributed by atoms with Crippen LogP contribution in [-0.4, -0.2) is 58.2 Å². The third-order valence-corrected chi connectivity index (χ3v) is 6.26. The van der Waals surface area contributed by atoms with Crippen LogP contribution in [0.1, 0.15) is 62.4 Å². The third-order valence-electron chi connectivity index (χ3n) is 6.26. The number of amides is 3. The monoisotopic (exact) mass is 398 g/mol. The van der Waals surface area contributed by atoms with Gasteiger partial charge < -0.3 is 10.2 Å². The van der Waals surface area contributed by atoms with E-state index in [0.29, 0.717) is 24.6 Å². The highest BCUT2D eigenvalue weighted by Crippen LogP contribution is 2.30. The molecule has 156 valence electrons. The molecule has 2 fully saturated rings. The maximum Gasteiger partial charge on any atom is 0.255 e. The molecule has 2 N–H and O–H groups in total. The first kappa shape index (κ1) is 19.9. The lowest BCUT2D eigenvalue weighted by atomic mass is 9.98. The quantitative estimate of drug-likeness (QED) is 0.763. The van der Waals surface area contributed by atoms with Gasteiger partial charge in [-0.25, -0.2) is 0 Å². The van der Waals surface area contributed by atoms with Gasteiger partial charge in [0.1, 0.15) is 6.04 Å². The van der Waals surface area contributed by atoms with E-state index in [1.54, 1.807) is 4.90 Å². The zero-order chi connectivity index (χ0) is 20.8. The molecule has 4 rings (SSSR count). The molecule has 3 heterocycles. The van der Waals surface area contributed by atoms with Crippen molar-refractivity contribution in [1.29, 1.82) is 0 Å². The van der Waals surface area contributed by atoms with Crippen LogP contribution in [0.15, 0.2) is 18.2 Å². The van der Waals surface area contributed by atoms with Crippen molar-refractivity contribution in [3.63, 3.8) is 0 Å². The summed E-state index contributed by atoms with van der Waals surface area (Å²) in [7, 11) is 0. The SMILES string of the molecule is CC(C)(C)N1CCC[C@@H](Nc2ccc3c(c2)CN(C2CCC(=O)NC2=O)C3=O)C1. The Bertz CT molecular complexity index is 845. The summed E-state index contributed by atoms with van der Waals surface area (Å²) >= 11 is 0. The van der Waals surface area contributed by atoms with E-state index in [1.165, 1.54) is 6.42 Å². The van der Waals surface area contributed by atoms with Gasteiger partial charge in [-0.1, -0.05) is 0 Å². The highest BCUT2D eigenvalue weighted by atomic mass is 16.2. The Hall–Kier alpha value is -2.41. The van der Waals surface area contributed by atoms with E-state index >= 15 is 0 Å². The molecule has 1 aromatic carbocycles. The van der Waals surface area contributed by atoms with Crippen molar-refractivity contribution in [3.8, 4) is 0 Å². The molecule has 7 heteroatoms. The number of carbonyl (C=O) groups excluding carboxylic acids is 3. The first-order chi connectivity index (χ1) is 13.7. The number of nitrogens with zero attached hydrogens (tertiary/aromatic N) is 2. The molecule has 3 amide bonds. The number of anilines is 1. The smallest absolute Gasteiger partial charge is 0.255 e. The Morgan fingerprint density at radius 2 is 1.93 bits per heavy atom. The van der Waals surface area contributed by atoms with Crippen LogP contribution in [0.2, 0.25) is 0 Å². The minimum Gasteiger partial charge on any atom is -0.381 e. The number of hydrogen-bond donors (Lipinski definition) is 2. The molecular weight excluding hydrogens is 368 g/mol. The summed E-state index contributed by atoms with van der Waals surface area (Å²) in [5.74, 6) is -0.762. The van der Waals surface area contributed by atoms with Crippen LogP contribution in [-0.2, 0) is 16.1 Å². The van der Waals surface area contributed by atoms with Gasteiger partial charge >= 0.3 is 0 Å². The number of rotatable bonds is 3. The molecule has 3 aliphatic heterocycles. The van der Waals surface area contributed by atoms with Gasteiger partial charge in [0.05, 0.1) is 0 Å². The van der Waals surface area contributed by atoms with Crippen molar-refractivity contribution in [3.05, 3.63) is 29.3 Å².